The van der Waals surface area contributed by atoms with Crippen LogP contribution in [0.3, 0.4) is 0 Å². The average molecular weight is 259 g/mol. The minimum Gasteiger partial charge on any atom is -0.337 e. The molecule has 1 aromatic carbocycles. The fourth-order valence-electron chi connectivity index (χ4n) is 1.83. The summed E-state index contributed by atoms with van der Waals surface area (Å²) in [6.45, 7) is 1.24. The molecule has 1 atom stereocenters. The van der Waals surface area contributed by atoms with Crippen LogP contribution >= 0.6 is 23.2 Å². The summed E-state index contributed by atoms with van der Waals surface area (Å²) in [5.41, 5.74) is 6.13. The maximum Gasteiger partial charge on any atom is 0.256 e. The van der Waals surface area contributed by atoms with Gasteiger partial charge in [0.2, 0.25) is 0 Å². The van der Waals surface area contributed by atoms with Gasteiger partial charge in [-0.1, -0.05) is 29.3 Å². The van der Waals surface area contributed by atoms with E-state index in [2.05, 4.69) is 0 Å². The van der Waals surface area contributed by atoms with Crippen LogP contribution in [-0.4, -0.2) is 29.9 Å². The molecule has 5 heteroatoms. The molecule has 86 valence electrons. The lowest BCUT2D eigenvalue weighted by atomic mass is 10.2. The third kappa shape index (κ3) is 2.17. The van der Waals surface area contributed by atoms with Gasteiger partial charge in [0.15, 0.2) is 0 Å². The summed E-state index contributed by atoms with van der Waals surface area (Å²) in [5.74, 6) is -0.136. The quantitative estimate of drug-likeness (QED) is 0.840. The number of nitrogens with two attached hydrogens (primary N) is 1. The number of nitrogens with zero attached hydrogens (tertiary/aromatic N) is 1. The fourth-order valence-corrected chi connectivity index (χ4v) is 2.39. The SMILES string of the molecule is N[C@H]1CCN(C(=O)c2c(Cl)cccc2Cl)C1. The number of halogens is 2. The Morgan fingerprint density at radius 1 is 1.38 bits per heavy atom. The minimum absolute atomic E-state index is 0.0604. The Balaban J connectivity index is 2.27. The van der Waals surface area contributed by atoms with Crippen molar-refractivity contribution in [2.24, 2.45) is 5.73 Å². The van der Waals surface area contributed by atoms with Crippen molar-refractivity contribution in [3.05, 3.63) is 33.8 Å². The first-order chi connectivity index (χ1) is 7.59. The molecule has 1 amide bonds. The molecule has 1 saturated heterocycles. The second kappa shape index (κ2) is 4.62. The topological polar surface area (TPSA) is 46.3 Å². The third-order valence-corrected chi connectivity index (χ3v) is 3.32. The van der Waals surface area contributed by atoms with E-state index in [0.717, 1.165) is 6.42 Å². The molecule has 0 radical (unpaired) electrons. The van der Waals surface area contributed by atoms with E-state index in [1.54, 1.807) is 23.1 Å². The highest BCUT2D eigenvalue weighted by Crippen LogP contribution is 2.26. The van der Waals surface area contributed by atoms with Gasteiger partial charge in [0.1, 0.15) is 0 Å². The van der Waals surface area contributed by atoms with E-state index in [1.807, 2.05) is 0 Å². The van der Waals surface area contributed by atoms with E-state index < -0.39 is 0 Å². The zero-order valence-corrected chi connectivity index (χ0v) is 10.1. The molecule has 1 aromatic rings. The molecule has 1 fully saturated rings. The van der Waals surface area contributed by atoms with Gasteiger partial charge in [-0.3, -0.25) is 4.79 Å². The summed E-state index contributed by atoms with van der Waals surface area (Å²) in [7, 11) is 0. The van der Waals surface area contributed by atoms with Crippen molar-refractivity contribution in [2.45, 2.75) is 12.5 Å². The second-order valence-corrected chi connectivity index (χ2v) is 4.71. The van der Waals surface area contributed by atoms with Gasteiger partial charge < -0.3 is 10.6 Å². The molecule has 0 saturated carbocycles. The summed E-state index contributed by atoms with van der Waals surface area (Å²) >= 11 is 12.0. The van der Waals surface area contributed by atoms with Crippen LogP contribution in [0.2, 0.25) is 10.0 Å². The molecule has 0 unspecified atom stereocenters. The standard InChI is InChI=1S/C11H12Cl2N2O/c12-8-2-1-3-9(13)10(8)11(16)15-5-4-7(14)6-15/h1-3,7H,4-6,14H2/t7-/m0/s1. The van der Waals surface area contributed by atoms with Gasteiger partial charge in [-0.05, 0) is 18.6 Å². The number of hydrogen-bond acceptors (Lipinski definition) is 2. The van der Waals surface area contributed by atoms with Gasteiger partial charge >= 0.3 is 0 Å². The Morgan fingerprint density at radius 2 is 2.00 bits per heavy atom. The van der Waals surface area contributed by atoms with Gasteiger partial charge in [0.25, 0.3) is 5.91 Å². The maximum absolute atomic E-state index is 12.1. The average Bonchev–Trinajstić information content (AvgIpc) is 2.64. The van der Waals surface area contributed by atoms with Gasteiger partial charge in [0.05, 0.1) is 15.6 Å². The van der Waals surface area contributed by atoms with Crippen molar-refractivity contribution in [2.75, 3.05) is 13.1 Å². The lowest BCUT2D eigenvalue weighted by Gasteiger charge is -2.17. The Morgan fingerprint density at radius 3 is 2.50 bits per heavy atom. The van der Waals surface area contributed by atoms with Gasteiger partial charge in [-0.15, -0.1) is 0 Å². The highest BCUT2D eigenvalue weighted by Gasteiger charge is 2.27. The molecular formula is C11H12Cl2N2O. The van der Waals surface area contributed by atoms with Crippen LogP contribution in [0.25, 0.3) is 0 Å². The van der Waals surface area contributed by atoms with E-state index in [-0.39, 0.29) is 11.9 Å². The number of carbonyl (C=O) groups excluding carboxylic acids is 1. The number of benzene rings is 1. The summed E-state index contributed by atoms with van der Waals surface area (Å²) in [6, 6.07) is 5.11. The minimum atomic E-state index is -0.136. The molecule has 0 spiro atoms. The molecule has 16 heavy (non-hydrogen) atoms. The normalized spacial score (nSPS) is 20.2. The lowest BCUT2D eigenvalue weighted by molar-refractivity contribution is 0.0791. The summed E-state index contributed by atoms with van der Waals surface area (Å²) in [5, 5.41) is 0.774. The molecular weight excluding hydrogens is 247 g/mol. The zero-order valence-electron chi connectivity index (χ0n) is 8.62. The molecule has 2 N–H and O–H groups in total. The van der Waals surface area contributed by atoms with Crippen LogP contribution in [0.1, 0.15) is 16.8 Å². The third-order valence-electron chi connectivity index (χ3n) is 2.69. The van der Waals surface area contributed by atoms with E-state index in [0.29, 0.717) is 28.7 Å². The van der Waals surface area contributed by atoms with Crippen molar-refractivity contribution < 1.29 is 4.79 Å². The van der Waals surface area contributed by atoms with E-state index in [1.165, 1.54) is 0 Å². The predicted molar refractivity (Wildman–Crippen MR) is 65.0 cm³/mol. The largest absolute Gasteiger partial charge is 0.337 e. The molecule has 1 aliphatic heterocycles. The first-order valence-corrected chi connectivity index (χ1v) is 5.84. The van der Waals surface area contributed by atoms with Crippen LogP contribution < -0.4 is 5.73 Å². The first-order valence-electron chi connectivity index (χ1n) is 5.08. The summed E-state index contributed by atoms with van der Waals surface area (Å²) in [6.07, 6.45) is 0.827. The first kappa shape index (κ1) is 11.7. The molecule has 2 rings (SSSR count). The zero-order chi connectivity index (χ0) is 11.7. The highest BCUT2D eigenvalue weighted by atomic mass is 35.5. The Labute approximate surface area is 104 Å². The van der Waals surface area contributed by atoms with Crippen LogP contribution in [0.5, 0.6) is 0 Å². The van der Waals surface area contributed by atoms with Crippen molar-refractivity contribution in [1.29, 1.82) is 0 Å². The van der Waals surface area contributed by atoms with Crippen molar-refractivity contribution in [3.8, 4) is 0 Å². The summed E-state index contributed by atoms with van der Waals surface area (Å²) in [4.78, 5) is 13.8. The smallest absolute Gasteiger partial charge is 0.256 e. The Bertz CT molecular complexity index is 402. The van der Waals surface area contributed by atoms with Crippen LogP contribution in [0.15, 0.2) is 18.2 Å². The van der Waals surface area contributed by atoms with E-state index in [9.17, 15) is 4.79 Å². The van der Waals surface area contributed by atoms with Crippen molar-refractivity contribution >= 4 is 29.1 Å². The van der Waals surface area contributed by atoms with Crippen molar-refractivity contribution in [1.82, 2.24) is 4.90 Å². The number of rotatable bonds is 1. The predicted octanol–water partition coefficient (Wildman–Crippen LogP) is 2.17. The van der Waals surface area contributed by atoms with Gasteiger partial charge in [-0.2, -0.15) is 0 Å². The fraction of sp³-hybridized carbons (Fsp3) is 0.364. The monoisotopic (exact) mass is 258 g/mol. The molecule has 0 aromatic heterocycles. The number of hydrogen-bond donors (Lipinski definition) is 1. The summed E-state index contributed by atoms with van der Waals surface area (Å²) < 4.78 is 0. The molecule has 0 bridgehead atoms. The van der Waals surface area contributed by atoms with E-state index in [4.69, 9.17) is 28.9 Å². The number of carbonyl (C=O) groups is 1. The van der Waals surface area contributed by atoms with Crippen molar-refractivity contribution in [3.63, 3.8) is 0 Å². The van der Waals surface area contributed by atoms with E-state index >= 15 is 0 Å². The van der Waals surface area contributed by atoms with Crippen LogP contribution in [0, 0.1) is 0 Å². The van der Waals surface area contributed by atoms with Gasteiger partial charge in [0, 0.05) is 19.1 Å². The Hall–Kier alpha value is -0.770. The number of amides is 1. The lowest BCUT2D eigenvalue weighted by Crippen LogP contribution is -2.32. The number of likely N-dealkylation sites (tertiary alicyclic amines) is 1. The molecule has 1 heterocycles. The molecule has 1 aliphatic rings. The van der Waals surface area contributed by atoms with Crippen LogP contribution in [0.4, 0.5) is 0 Å². The second-order valence-electron chi connectivity index (χ2n) is 3.90. The van der Waals surface area contributed by atoms with Gasteiger partial charge in [-0.25, -0.2) is 0 Å². The highest BCUT2D eigenvalue weighted by molar-refractivity contribution is 6.39. The van der Waals surface area contributed by atoms with Crippen LogP contribution in [-0.2, 0) is 0 Å². The maximum atomic E-state index is 12.1. The Kier molecular flexibility index (Phi) is 3.38. The molecule has 3 nitrogen and oxygen atoms in total. The molecule has 0 aliphatic carbocycles.